The fourth-order valence-corrected chi connectivity index (χ4v) is 2.21. The van der Waals surface area contributed by atoms with Gasteiger partial charge in [-0.25, -0.2) is 4.79 Å². The molecular weight excluding hydrogens is 308 g/mol. The van der Waals surface area contributed by atoms with E-state index in [1.807, 2.05) is 19.9 Å². The van der Waals surface area contributed by atoms with Crippen LogP contribution in [0.4, 0.5) is 0 Å². The van der Waals surface area contributed by atoms with Crippen molar-refractivity contribution in [2.75, 3.05) is 0 Å². The third-order valence-electron chi connectivity index (χ3n) is 3.53. The summed E-state index contributed by atoms with van der Waals surface area (Å²) >= 11 is 0. The number of carbonyl (C=O) groups is 3. The molecule has 0 aliphatic carbocycles. The molecule has 0 bridgehead atoms. The number of aryl methyl sites for hydroxylation is 2. The summed E-state index contributed by atoms with van der Waals surface area (Å²) in [6, 6.07) is 3.39. The Hall–Kier alpha value is -2.37. The summed E-state index contributed by atoms with van der Waals surface area (Å²) in [7, 11) is 0. The van der Waals surface area contributed by atoms with Crippen LogP contribution in [0.3, 0.4) is 0 Å². The Bertz CT molecular complexity index is 627. The van der Waals surface area contributed by atoms with E-state index < -0.39 is 29.4 Å². The van der Waals surface area contributed by atoms with Crippen molar-refractivity contribution >= 4 is 17.8 Å². The van der Waals surface area contributed by atoms with E-state index in [1.165, 1.54) is 6.92 Å². The van der Waals surface area contributed by atoms with Gasteiger partial charge in [-0.05, 0) is 26.3 Å². The summed E-state index contributed by atoms with van der Waals surface area (Å²) < 4.78 is 0. The number of nitrogens with one attached hydrogen (secondary N) is 2. The van der Waals surface area contributed by atoms with Crippen LogP contribution in [-0.4, -0.2) is 28.9 Å². The first-order valence-corrected chi connectivity index (χ1v) is 7.84. The molecule has 6 heteroatoms. The highest BCUT2D eigenvalue weighted by molar-refractivity contribution is 5.91. The van der Waals surface area contributed by atoms with Crippen LogP contribution >= 0.6 is 0 Å². The van der Waals surface area contributed by atoms with Crippen LogP contribution in [0.15, 0.2) is 18.2 Å². The lowest BCUT2D eigenvalue weighted by Gasteiger charge is -2.23. The summed E-state index contributed by atoms with van der Waals surface area (Å²) in [5.74, 6) is -1.97. The second-order valence-corrected chi connectivity index (χ2v) is 7.15. The normalized spacial score (nSPS) is 13.8. The lowest BCUT2D eigenvalue weighted by Crippen LogP contribution is -2.49. The average Bonchev–Trinajstić information content (AvgIpc) is 2.41. The van der Waals surface area contributed by atoms with Gasteiger partial charge in [0, 0.05) is 5.41 Å². The monoisotopic (exact) mass is 334 g/mol. The van der Waals surface area contributed by atoms with E-state index in [0.717, 1.165) is 11.1 Å². The highest BCUT2D eigenvalue weighted by atomic mass is 16.4. The standard InChI is InChI=1S/C18H26N2O4/c1-10-7-11(2)9-13(8-10)14(16(22)23)20-15(21)12(3)19-17(24)18(4,5)6/h7-9,12,14H,1-6H3,(H,19,24)(H,20,21)(H,22,23). The molecule has 24 heavy (non-hydrogen) atoms. The highest BCUT2D eigenvalue weighted by Crippen LogP contribution is 2.18. The number of aliphatic carboxylic acids is 1. The Morgan fingerprint density at radius 1 is 1.00 bits per heavy atom. The molecule has 0 aliphatic heterocycles. The highest BCUT2D eigenvalue weighted by Gasteiger charge is 2.28. The van der Waals surface area contributed by atoms with Crippen molar-refractivity contribution in [3.63, 3.8) is 0 Å². The van der Waals surface area contributed by atoms with Gasteiger partial charge in [0.2, 0.25) is 11.8 Å². The molecule has 1 aromatic carbocycles. The van der Waals surface area contributed by atoms with Crippen LogP contribution in [0.2, 0.25) is 0 Å². The molecule has 0 aromatic heterocycles. The van der Waals surface area contributed by atoms with Gasteiger partial charge in [0.15, 0.2) is 6.04 Å². The minimum Gasteiger partial charge on any atom is -0.479 e. The van der Waals surface area contributed by atoms with Gasteiger partial charge >= 0.3 is 5.97 Å². The zero-order valence-corrected chi connectivity index (χ0v) is 15.1. The van der Waals surface area contributed by atoms with Crippen LogP contribution < -0.4 is 10.6 Å². The first-order chi connectivity index (χ1) is 10.9. The van der Waals surface area contributed by atoms with E-state index in [2.05, 4.69) is 10.6 Å². The minimum absolute atomic E-state index is 0.275. The van der Waals surface area contributed by atoms with Crippen LogP contribution in [0, 0.1) is 19.3 Å². The van der Waals surface area contributed by atoms with Crippen molar-refractivity contribution in [3.8, 4) is 0 Å². The molecule has 0 fully saturated rings. The SMILES string of the molecule is Cc1cc(C)cc(C(NC(=O)C(C)NC(=O)C(C)(C)C)C(=O)O)c1. The van der Waals surface area contributed by atoms with Crippen molar-refractivity contribution in [2.45, 2.75) is 53.6 Å². The third-order valence-corrected chi connectivity index (χ3v) is 3.53. The van der Waals surface area contributed by atoms with E-state index >= 15 is 0 Å². The maximum atomic E-state index is 12.3. The Balaban J connectivity index is 2.91. The second-order valence-electron chi connectivity index (χ2n) is 7.15. The Morgan fingerprint density at radius 2 is 1.50 bits per heavy atom. The van der Waals surface area contributed by atoms with Crippen molar-refractivity contribution < 1.29 is 19.5 Å². The smallest absolute Gasteiger partial charge is 0.330 e. The lowest BCUT2D eigenvalue weighted by molar-refractivity contribution is -0.142. The van der Waals surface area contributed by atoms with Crippen LogP contribution in [-0.2, 0) is 14.4 Å². The van der Waals surface area contributed by atoms with E-state index in [9.17, 15) is 19.5 Å². The second kappa shape index (κ2) is 7.47. The van der Waals surface area contributed by atoms with Gasteiger partial charge in [-0.3, -0.25) is 9.59 Å². The zero-order chi connectivity index (χ0) is 18.7. The number of hydrogen-bond donors (Lipinski definition) is 3. The number of carbonyl (C=O) groups excluding carboxylic acids is 2. The molecule has 6 nitrogen and oxygen atoms in total. The molecule has 1 aromatic rings. The fraction of sp³-hybridized carbons (Fsp3) is 0.500. The first-order valence-electron chi connectivity index (χ1n) is 7.84. The van der Waals surface area contributed by atoms with Crippen LogP contribution in [0.5, 0.6) is 0 Å². The number of amides is 2. The summed E-state index contributed by atoms with van der Waals surface area (Å²) in [6.07, 6.45) is 0. The summed E-state index contributed by atoms with van der Waals surface area (Å²) in [4.78, 5) is 35.8. The predicted octanol–water partition coefficient (Wildman–Crippen LogP) is 2.10. The number of carboxylic acid groups (broad SMARTS) is 1. The van der Waals surface area contributed by atoms with E-state index in [-0.39, 0.29) is 5.91 Å². The average molecular weight is 334 g/mol. The Labute approximate surface area is 142 Å². The molecule has 3 N–H and O–H groups in total. The minimum atomic E-state index is -1.16. The number of carboxylic acids is 1. The number of hydrogen-bond acceptors (Lipinski definition) is 3. The third kappa shape index (κ3) is 5.37. The van der Waals surface area contributed by atoms with E-state index in [1.54, 1.807) is 32.9 Å². The summed E-state index contributed by atoms with van der Waals surface area (Å²) in [5, 5.41) is 14.5. The Kier molecular flexibility index (Phi) is 6.12. The molecule has 2 amide bonds. The van der Waals surface area contributed by atoms with Gasteiger partial charge in [0.1, 0.15) is 6.04 Å². The zero-order valence-electron chi connectivity index (χ0n) is 15.1. The summed E-state index contributed by atoms with van der Waals surface area (Å²) in [5.41, 5.74) is 1.70. The molecule has 0 saturated heterocycles. The van der Waals surface area contributed by atoms with E-state index in [4.69, 9.17) is 0 Å². The molecule has 0 aliphatic rings. The summed E-state index contributed by atoms with van der Waals surface area (Å²) in [6.45, 7) is 10.5. The molecular formula is C18H26N2O4. The van der Waals surface area contributed by atoms with Crippen molar-refractivity contribution in [3.05, 3.63) is 34.9 Å². The van der Waals surface area contributed by atoms with Crippen LogP contribution in [0.25, 0.3) is 0 Å². The molecule has 0 saturated carbocycles. The molecule has 132 valence electrons. The Morgan fingerprint density at radius 3 is 1.92 bits per heavy atom. The van der Waals surface area contributed by atoms with Gasteiger partial charge < -0.3 is 15.7 Å². The maximum absolute atomic E-state index is 12.3. The van der Waals surface area contributed by atoms with Crippen molar-refractivity contribution in [1.82, 2.24) is 10.6 Å². The quantitative estimate of drug-likeness (QED) is 0.768. The van der Waals surface area contributed by atoms with Crippen LogP contribution in [0.1, 0.15) is 50.4 Å². The molecule has 2 atom stereocenters. The molecule has 2 unspecified atom stereocenters. The van der Waals surface area contributed by atoms with Gasteiger partial charge in [-0.15, -0.1) is 0 Å². The van der Waals surface area contributed by atoms with Crippen molar-refractivity contribution in [2.24, 2.45) is 5.41 Å². The van der Waals surface area contributed by atoms with Gasteiger partial charge in [0.05, 0.1) is 0 Å². The first kappa shape index (κ1) is 19.7. The predicted molar refractivity (Wildman–Crippen MR) is 91.5 cm³/mol. The molecule has 0 spiro atoms. The number of benzene rings is 1. The largest absolute Gasteiger partial charge is 0.479 e. The number of rotatable bonds is 5. The fourth-order valence-electron chi connectivity index (χ4n) is 2.21. The topological polar surface area (TPSA) is 95.5 Å². The van der Waals surface area contributed by atoms with Gasteiger partial charge in [0.25, 0.3) is 0 Å². The van der Waals surface area contributed by atoms with Gasteiger partial charge in [-0.1, -0.05) is 50.1 Å². The molecule has 0 radical (unpaired) electrons. The molecule has 1 rings (SSSR count). The lowest BCUT2D eigenvalue weighted by atomic mass is 9.95. The van der Waals surface area contributed by atoms with Crippen molar-refractivity contribution in [1.29, 1.82) is 0 Å². The van der Waals surface area contributed by atoms with E-state index in [0.29, 0.717) is 5.56 Å². The maximum Gasteiger partial charge on any atom is 0.330 e. The molecule has 0 heterocycles. The van der Waals surface area contributed by atoms with Gasteiger partial charge in [-0.2, -0.15) is 0 Å².